The lowest BCUT2D eigenvalue weighted by Crippen LogP contribution is -2.60. The lowest BCUT2D eigenvalue weighted by atomic mass is 9.79. The first kappa shape index (κ1) is 23.7. The predicted molar refractivity (Wildman–Crippen MR) is 123 cm³/mol. The highest BCUT2D eigenvalue weighted by Crippen LogP contribution is 2.36. The van der Waals surface area contributed by atoms with E-state index in [1.807, 2.05) is 7.05 Å². The van der Waals surface area contributed by atoms with Crippen molar-refractivity contribution >= 4 is 35.8 Å². The first-order valence-corrected chi connectivity index (χ1v) is 10.4. The van der Waals surface area contributed by atoms with Crippen LogP contribution in [-0.4, -0.2) is 85.7 Å². The van der Waals surface area contributed by atoms with Gasteiger partial charge in [-0.2, -0.15) is 0 Å². The molecule has 1 amide bonds. The minimum Gasteiger partial charge on any atom is -0.373 e. The minimum atomic E-state index is 0. The third kappa shape index (κ3) is 5.50. The van der Waals surface area contributed by atoms with Crippen LogP contribution in [0.15, 0.2) is 4.99 Å². The smallest absolute Gasteiger partial charge is 0.220 e. The number of morpholine rings is 1. The molecule has 1 spiro atoms. The SMILES string of the molecule is CN=C(NCC(C)(C)N1CC(C)OC(C)C1)N1CCCC2(CNC(=O)C2)C1.I. The van der Waals surface area contributed by atoms with Gasteiger partial charge in [0.05, 0.1) is 12.2 Å². The van der Waals surface area contributed by atoms with Gasteiger partial charge in [0, 0.05) is 63.7 Å². The summed E-state index contributed by atoms with van der Waals surface area (Å²) in [6, 6.07) is 0. The van der Waals surface area contributed by atoms with Crippen LogP contribution in [0.25, 0.3) is 0 Å². The van der Waals surface area contributed by atoms with Crippen LogP contribution in [0.5, 0.6) is 0 Å². The quantitative estimate of drug-likeness (QED) is 0.346. The standard InChI is InChI=1S/C20H37N5O2.HI/c1-15-10-25(11-16(2)27-15)19(3,4)12-23-18(21-5)24-8-6-7-20(14-24)9-17(26)22-13-20;/h15-16H,6-14H2,1-5H3,(H,21,23)(H,22,26);1H. The average molecular weight is 507 g/mol. The number of halogens is 1. The second-order valence-electron chi connectivity index (χ2n) is 9.35. The number of guanidine groups is 1. The summed E-state index contributed by atoms with van der Waals surface area (Å²) in [5, 5.41) is 6.63. The lowest BCUT2D eigenvalue weighted by Gasteiger charge is -2.46. The predicted octanol–water partition coefficient (Wildman–Crippen LogP) is 1.67. The van der Waals surface area contributed by atoms with E-state index in [9.17, 15) is 4.79 Å². The van der Waals surface area contributed by atoms with Crippen LogP contribution in [-0.2, 0) is 9.53 Å². The second-order valence-corrected chi connectivity index (χ2v) is 9.35. The molecule has 3 fully saturated rings. The number of hydrogen-bond acceptors (Lipinski definition) is 4. The molecule has 0 aromatic rings. The largest absolute Gasteiger partial charge is 0.373 e. The van der Waals surface area contributed by atoms with Crippen molar-refractivity contribution in [1.82, 2.24) is 20.4 Å². The van der Waals surface area contributed by atoms with Crippen molar-refractivity contribution < 1.29 is 9.53 Å². The topological polar surface area (TPSA) is 69.2 Å². The molecule has 3 aliphatic heterocycles. The zero-order valence-corrected chi connectivity index (χ0v) is 20.4. The van der Waals surface area contributed by atoms with Crippen molar-refractivity contribution in [2.45, 2.75) is 64.7 Å². The van der Waals surface area contributed by atoms with Crippen molar-refractivity contribution in [3.8, 4) is 0 Å². The van der Waals surface area contributed by atoms with Crippen LogP contribution in [0, 0.1) is 5.41 Å². The Morgan fingerprint density at radius 3 is 2.61 bits per heavy atom. The maximum Gasteiger partial charge on any atom is 0.220 e. The normalized spacial score (nSPS) is 32.2. The van der Waals surface area contributed by atoms with E-state index >= 15 is 0 Å². The molecule has 3 heterocycles. The first-order chi connectivity index (χ1) is 12.7. The number of hydrogen-bond donors (Lipinski definition) is 2. The van der Waals surface area contributed by atoms with Gasteiger partial charge in [0.25, 0.3) is 0 Å². The van der Waals surface area contributed by atoms with Gasteiger partial charge >= 0.3 is 0 Å². The Bertz CT molecular complexity index is 575. The van der Waals surface area contributed by atoms with E-state index in [0.717, 1.165) is 58.1 Å². The van der Waals surface area contributed by atoms with Crippen LogP contribution in [0.2, 0.25) is 0 Å². The fraction of sp³-hybridized carbons (Fsp3) is 0.900. The number of aliphatic imine (C=N–C) groups is 1. The summed E-state index contributed by atoms with van der Waals surface area (Å²) in [7, 11) is 1.85. The number of carbonyl (C=O) groups excluding carboxylic acids is 1. The van der Waals surface area contributed by atoms with Gasteiger partial charge in [-0.1, -0.05) is 0 Å². The molecule has 2 N–H and O–H groups in total. The Morgan fingerprint density at radius 1 is 1.36 bits per heavy atom. The van der Waals surface area contributed by atoms with Crippen molar-refractivity contribution in [3.05, 3.63) is 0 Å². The molecule has 28 heavy (non-hydrogen) atoms. The van der Waals surface area contributed by atoms with E-state index in [1.165, 1.54) is 0 Å². The van der Waals surface area contributed by atoms with Gasteiger partial charge in [-0.25, -0.2) is 0 Å². The minimum absolute atomic E-state index is 0. The number of piperidine rings is 1. The zero-order chi connectivity index (χ0) is 19.7. The van der Waals surface area contributed by atoms with Gasteiger partial charge in [0.1, 0.15) is 0 Å². The number of nitrogens with one attached hydrogen (secondary N) is 2. The first-order valence-electron chi connectivity index (χ1n) is 10.4. The third-order valence-corrected chi connectivity index (χ3v) is 6.32. The summed E-state index contributed by atoms with van der Waals surface area (Å²) in [4.78, 5) is 21.2. The molecule has 3 atom stereocenters. The number of nitrogens with zero attached hydrogens (tertiary/aromatic N) is 3. The van der Waals surface area contributed by atoms with Crippen molar-refractivity contribution in [3.63, 3.8) is 0 Å². The number of likely N-dealkylation sites (tertiary alicyclic amines) is 1. The summed E-state index contributed by atoms with van der Waals surface area (Å²) in [5.41, 5.74) is 0.0954. The molecule has 0 aromatic heterocycles. The zero-order valence-electron chi connectivity index (χ0n) is 18.1. The molecule has 0 aromatic carbocycles. The van der Waals surface area contributed by atoms with Crippen LogP contribution >= 0.6 is 24.0 Å². The van der Waals surface area contributed by atoms with Crippen LogP contribution in [0.4, 0.5) is 0 Å². The van der Waals surface area contributed by atoms with Gasteiger partial charge in [-0.3, -0.25) is 14.7 Å². The molecule has 7 nitrogen and oxygen atoms in total. The molecule has 0 saturated carbocycles. The Hall–Kier alpha value is -0.610. The molecule has 162 valence electrons. The van der Waals surface area contributed by atoms with E-state index in [2.05, 4.69) is 53.1 Å². The maximum absolute atomic E-state index is 11.8. The summed E-state index contributed by atoms with van der Waals surface area (Å²) < 4.78 is 5.89. The highest BCUT2D eigenvalue weighted by atomic mass is 127. The number of ether oxygens (including phenoxy) is 1. The fourth-order valence-corrected chi connectivity index (χ4v) is 4.84. The number of carbonyl (C=O) groups is 1. The third-order valence-electron chi connectivity index (χ3n) is 6.32. The van der Waals surface area contributed by atoms with Crippen molar-refractivity contribution in [1.29, 1.82) is 0 Å². The van der Waals surface area contributed by atoms with Gasteiger partial charge in [0.15, 0.2) is 5.96 Å². The van der Waals surface area contributed by atoms with Crippen LogP contribution in [0.3, 0.4) is 0 Å². The summed E-state index contributed by atoms with van der Waals surface area (Å²) >= 11 is 0. The Kier molecular flexibility index (Phi) is 8.00. The Labute approximate surface area is 187 Å². The summed E-state index contributed by atoms with van der Waals surface area (Å²) in [5.74, 6) is 1.15. The molecule has 3 rings (SSSR count). The Balaban J connectivity index is 0.00000280. The molecule has 3 saturated heterocycles. The highest BCUT2D eigenvalue weighted by Gasteiger charge is 2.42. The van der Waals surface area contributed by atoms with Crippen LogP contribution < -0.4 is 10.6 Å². The van der Waals surface area contributed by atoms with E-state index in [-0.39, 0.29) is 53.0 Å². The molecule has 0 radical (unpaired) electrons. The van der Waals surface area contributed by atoms with Gasteiger partial charge in [0.2, 0.25) is 5.91 Å². The molecular weight excluding hydrogens is 469 g/mol. The fourth-order valence-electron chi connectivity index (χ4n) is 4.84. The van der Waals surface area contributed by atoms with E-state index in [0.29, 0.717) is 6.42 Å². The van der Waals surface area contributed by atoms with E-state index < -0.39 is 0 Å². The Morgan fingerprint density at radius 2 is 2.04 bits per heavy atom. The number of amides is 1. The highest BCUT2D eigenvalue weighted by molar-refractivity contribution is 14.0. The molecule has 0 bridgehead atoms. The number of rotatable bonds is 3. The molecule has 3 aliphatic rings. The van der Waals surface area contributed by atoms with Crippen molar-refractivity contribution in [2.75, 3.05) is 46.3 Å². The molecule has 8 heteroatoms. The monoisotopic (exact) mass is 507 g/mol. The molecule has 3 unspecified atom stereocenters. The lowest BCUT2D eigenvalue weighted by molar-refractivity contribution is -0.119. The van der Waals surface area contributed by atoms with E-state index in [4.69, 9.17) is 4.74 Å². The maximum atomic E-state index is 11.8. The van der Waals surface area contributed by atoms with Crippen molar-refractivity contribution in [2.24, 2.45) is 10.4 Å². The van der Waals surface area contributed by atoms with Gasteiger partial charge in [-0.15, -0.1) is 24.0 Å². The average Bonchev–Trinajstić information content (AvgIpc) is 2.94. The van der Waals surface area contributed by atoms with Gasteiger partial charge in [-0.05, 0) is 40.5 Å². The van der Waals surface area contributed by atoms with Crippen LogP contribution in [0.1, 0.15) is 47.0 Å². The second kappa shape index (κ2) is 9.47. The molecular formula is C20H38IN5O2. The summed E-state index contributed by atoms with van der Waals surface area (Å²) in [6.45, 7) is 14.3. The van der Waals surface area contributed by atoms with E-state index in [1.54, 1.807) is 0 Å². The van der Waals surface area contributed by atoms with Gasteiger partial charge < -0.3 is 20.3 Å². The summed E-state index contributed by atoms with van der Waals surface area (Å²) in [6.07, 6.45) is 3.41. The molecule has 0 aliphatic carbocycles.